The predicted octanol–water partition coefficient (Wildman–Crippen LogP) is 3.14. The van der Waals surface area contributed by atoms with E-state index in [2.05, 4.69) is 6.92 Å². The second kappa shape index (κ2) is 6.15. The zero-order valence-corrected chi connectivity index (χ0v) is 11.6. The molecule has 1 fully saturated rings. The van der Waals surface area contributed by atoms with Crippen molar-refractivity contribution in [1.29, 1.82) is 0 Å². The van der Waals surface area contributed by atoms with E-state index < -0.39 is 33.7 Å². The molecular weight excluding hydrogens is 282 g/mol. The van der Waals surface area contributed by atoms with E-state index in [9.17, 15) is 23.7 Å². The Morgan fingerprint density at radius 2 is 1.95 bits per heavy atom. The number of nitro groups is 1. The number of carbonyl (C=O) groups is 1. The number of hydrogen-bond donors (Lipinski definition) is 0. The average Bonchev–Trinajstić information content (AvgIpc) is 2.65. The van der Waals surface area contributed by atoms with Crippen LogP contribution in [0.1, 0.15) is 36.5 Å². The van der Waals surface area contributed by atoms with Gasteiger partial charge in [0.05, 0.1) is 11.0 Å². The fourth-order valence-corrected chi connectivity index (χ4v) is 2.50. The number of amides is 1. The number of likely N-dealkylation sites (tertiary alicyclic amines) is 1. The molecule has 21 heavy (non-hydrogen) atoms. The summed E-state index contributed by atoms with van der Waals surface area (Å²) in [4.78, 5) is 23.9. The molecule has 0 bridgehead atoms. The Labute approximate surface area is 120 Å². The van der Waals surface area contributed by atoms with Gasteiger partial charge in [0.15, 0.2) is 11.6 Å². The van der Waals surface area contributed by atoms with Gasteiger partial charge in [0.2, 0.25) is 0 Å². The van der Waals surface area contributed by atoms with Crippen molar-refractivity contribution in [1.82, 2.24) is 4.90 Å². The van der Waals surface area contributed by atoms with E-state index in [1.807, 2.05) is 0 Å². The lowest BCUT2D eigenvalue weighted by atomic mass is 10.0. The summed E-state index contributed by atoms with van der Waals surface area (Å²) in [6.07, 6.45) is 2.57. The zero-order chi connectivity index (χ0) is 15.6. The summed E-state index contributed by atoms with van der Waals surface area (Å²) >= 11 is 0. The third-order valence-electron chi connectivity index (χ3n) is 3.77. The second-order valence-electron chi connectivity index (χ2n) is 5.37. The van der Waals surface area contributed by atoms with E-state index in [0.717, 1.165) is 19.3 Å². The van der Waals surface area contributed by atoms with Crippen molar-refractivity contribution >= 4 is 11.6 Å². The first-order chi connectivity index (χ1) is 9.90. The van der Waals surface area contributed by atoms with Gasteiger partial charge in [0.25, 0.3) is 11.6 Å². The second-order valence-corrected chi connectivity index (χ2v) is 5.37. The highest BCUT2D eigenvalue weighted by Crippen LogP contribution is 2.25. The summed E-state index contributed by atoms with van der Waals surface area (Å²) in [6, 6.07) is 1.08. The first-order valence-electron chi connectivity index (χ1n) is 6.83. The largest absolute Gasteiger partial charge is 0.338 e. The van der Waals surface area contributed by atoms with E-state index in [1.165, 1.54) is 4.90 Å². The van der Waals surface area contributed by atoms with Crippen LogP contribution < -0.4 is 0 Å². The van der Waals surface area contributed by atoms with Crippen molar-refractivity contribution in [3.8, 4) is 0 Å². The van der Waals surface area contributed by atoms with Crippen molar-refractivity contribution in [2.24, 2.45) is 5.92 Å². The Hall–Kier alpha value is -2.05. The highest BCUT2D eigenvalue weighted by atomic mass is 19.2. The molecule has 5 nitrogen and oxygen atoms in total. The molecule has 1 aromatic carbocycles. The van der Waals surface area contributed by atoms with Gasteiger partial charge in [-0.05, 0) is 31.2 Å². The van der Waals surface area contributed by atoms with Gasteiger partial charge in [-0.2, -0.15) is 0 Å². The van der Waals surface area contributed by atoms with Crippen LogP contribution in [0.5, 0.6) is 0 Å². The normalized spacial score (nSPS) is 19.2. The maximum atomic E-state index is 13.3. The van der Waals surface area contributed by atoms with Gasteiger partial charge >= 0.3 is 0 Å². The van der Waals surface area contributed by atoms with Crippen molar-refractivity contribution in [3.63, 3.8) is 0 Å². The predicted molar refractivity (Wildman–Crippen MR) is 71.9 cm³/mol. The van der Waals surface area contributed by atoms with Crippen LogP contribution in [0, 0.1) is 27.7 Å². The first-order valence-corrected chi connectivity index (χ1v) is 6.83. The van der Waals surface area contributed by atoms with Gasteiger partial charge in [-0.3, -0.25) is 14.9 Å². The van der Waals surface area contributed by atoms with Crippen LogP contribution >= 0.6 is 0 Å². The lowest BCUT2D eigenvalue weighted by Gasteiger charge is -2.20. The maximum Gasteiger partial charge on any atom is 0.285 e. The molecule has 114 valence electrons. The molecular formula is C14H16F2N2O3. The standard InChI is InChI=1S/C14H16F2N2O3/c1-9-3-2-5-17(6-4-9)14(19)10-7-11(15)12(16)8-13(10)18(20)21/h7-9H,2-6H2,1H3. The van der Waals surface area contributed by atoms with Crippen LogP contribution in [0.25, 0.3) is 0 Å². The average molecular weight is 298 g/mol. The lowest BCUT2D eigenvalue weighted by molar-refractivity contribution is -0.385. The van der Waals surface area contributed by atoms with Crippen molar-refractivity contribution in [3.05, 3.63) is 39.4 Å². The molecule has 0 radical (unpaired) electrons. The molecule has 1 amide bonds. The van der Waals surface area contributed by atoms with Crippen molar-refractivity contribution < 1.29 is 18.5 Å². The van der Waals surface area contributed by atoms with E-state index in [1.54, 1.807) is 0 Å². The van der Waals surface area contributed by atoms with Crippen LogP contribution in [0.2, 0.25) is 0 Å². The topological polar surface area (TPSA) is 63.5 Å². The highest BCUT2D eigenvalue weighted by molar-refractivity contribution is 5.98. The van der Waals surface area contributed by atoms with E-state index >= 15 is 0 Å². The first kappa shape index (κ1) is 15.3. The molecule has 0 aliphatic carbocycles. The van der Waals surface area contributed by atoms with Gasteiger partial charge in [0.1, 0.15) is 5.56 Å². The summed E-state index contributed by atoms with van der Waals surface area (Å²) in [5, 5.41) is 10.9. The summed E-state index contributed by atoms with van der Waals surface area (Å²) in [7, 11) is 0. The molecule has 1 aliphatic rings. The molecule has 0 N–H and O–H groups in total. The Morgan fingerprint density at radius 1 is 1.29 bits per heavy atom. The Balaban J connectivity index is 2.34. The van der Waals surface area contributed by atoms with E-state index in [4.69, 9.17) is 0 Å². The number of rotatable bonds is 2. The molecule has 1 atom stereocenters. The van der Waals surface area contributed by atoms with Gasteiger partial charge < -0.3 is 4.90 Å². The number of halogens is 2. The summed E-state index contributed by atoms with van der Waals surface area (Å²) < 4.78 is 26.5. The molecule has 1 unspecified atom stereocenters. The fourth-order valence-electron chi connectivity index (χ4n) is 2.50. The Bertz CT molecular complexity index is 578. The lowest BCUT2D eigenvalue weighted by Crippen LogP contribution is -2.32. The fraction of sp³-hybridized carbons (Fsp3) is 0.500. The van der Waals surface area contributed by atoms with Gasteiger partial charge in [-0.25, -0.2) is 8.78 Å². The molecule has 1 aliphatic heterocycles. The van der Waals surface area contributed by atoms with E-state index in [-0.39, 0.29) is 0 Å². The minimum atomic E-state index is -1.33. The number of nitro benzene ring substituents is 1. The van der Waals surface area contributed by atoms with Gasteiger partial charge in [-0.15, -0.1) is 0 Å². The molecule has 2 rings (SSSR count). The summed E-state index contributed by atoms with van der Waals surface area (Å²) in [6.45, 7) is 3.02. The molecule has 0 aromatic heterocycles. The zero-order valence-electron chi connectivity index (χ0n) is 11.6. The number of hydrogen-bond acceptors (Lipinski definition) is 3. The van der Waals surface area contributed by atoms with Crippen LogP contribution in [0.4, 0.5) is 14.5 Å². The van der Waals surface area contributed by atoms with Crippen LogP contribution in [-0.4, -0.2) is 28.8 Å². The summed E-state index contributed by atoms with van der Waals surface area (Å²) in [5.41, 5.74) is -1.09. The third-order valence-corrected chi connectivity index (χ3v) is 3.77. The molecule has 1 aromatic rings. The molecule has 7 heteroatoms. The third kappa shape index (κ3) is 3.34. The van der Waals surface area contributed by atoms with Crippen molar-refractivity contribution in [2.45, 2.75) is 26.2 Å². The van der Waals surface area contributed by atoms with Gasteiger partial charge in [-0.1, -0.05) is 6.92 Å². The highest BCUT2D eigenvalue weighted by Gasteiger charge is 2.28. The van der Waals surface area contributed by atoms with Crippen LogP contribution in [0.3, 0.4) is 0 Å². The minimum absolute atomic E-state index is 0.395. The smallest absolute Gasteiger partial charge is 0.285 e. The van der Waals surface area contributed by atoms with Crippen LogP contribution in [0.15, 0.2) is 12.1 Å². The van der Waals surface area contributed by atoms with E-state index in [0.29, 0.717) is 31.1 Å². The maximum absolute atomic E-state index is 13.3. The number of carbonyl (C=O) groups excluding carboxylic acids is 1. The Morgan fingerprint density at radius 3 is 2.62 bits per heavy atom. The molecule has 0 spiro atoms. The summed E-state index contributed by atoms with van der Waals surface area (Å²) in [5.74, 6) is -2.73. The monoisotopic (exact) mass is 298 g/mol. The van der Waals surface area contributed by atoms with Crippen LogP contribution in [-0.2, 0) is 0 Å². The molecule has 1 saturated heterocycles. The molecule has 1 heterocycles. The van der Waals surface area contributed by atoms with Gasteiger partial charge in [0, 0.05) is 13.1 Å². The Kier molecular flexibility index (Phi) is 4.50. The SMILES string of the molecule is CC1CCCN(C(=O)c2cc(F)c(F)cc2[N+](=O)[O-])CC1. The quantitative estimate of drug-likeness (QED) is 0.622. The molecule has 0 saturated carbocycles. The number of benzene rings is 1. The van der Waals surface area contributed by atoms with Crippen molar-refractivity contribution in [2.75, 3.05) is 13.1 Å². The number of nitrogens with zero attached hydrogens (tertiary/aromatic N) is 2. The minimum Gasteiger partial charge on any atom is -0.338 e.